The van der Waals surface area contributed by atoms with Crippen LogP contribution in [0.5, 0.6) is 0 Å². The lowest BCUT2D eigenvalue weighted by atomic mass is 9.88. The fourth-order valence-corrected chi connectivity index (χ4v) is 5.19. The van der Waals surface area contributed by atoms with E-state index in [0.717, 1.165) is 23.4 Å². The number of hydrogen-bond donors (Lipinski definition) is 1. The van der Waals surface area contributed by atoms with Crippen LogP contribution in [-0.4, -0.2) is 4.98 Å². The van der Waals surface area contributed by atoms with Crippen LogP contribution in [0.3, 0.4) is 0 Å². The zero-order chi connectivity index (χ0) is 24.2. The van der Waals surface area contributed by atoms with Crippen LogP contribution >= 0.6 is 0 Å². The number of nitrogens with one attached hydrogen (secondary N) is 1. The van der Waals surface area contributed by atoms with Crippen molar-refractivity contribution in [3.63, 3.8) is 0 Å². The standard InChI is InChI=1S/C33H32N2/c1-23-21-24(2)32(25(3)22-23)35-33(29-18-11-10-17-28(29)26-13-6-4-7-14-26)31-20-12-19-30(34-31)27-15-8-5-9-16-27/h4-21,23,33,35H,22H2,1-3H3. The smallest absolute Gasteiger partial charge is 0.0946 e. The van der Waals surface area contributed by atoms with Gasteiger partial charge < -0.3 is 5.32 Å². The van der Waals surface area contributed by atoms with Gasteiger partial charge in [0.15, 0.2) is 0 Å². The van der Waals surface area contributed by atoms with Gasteiger partial charge >= 0.3 is 0 Å². The molecule has 35 heavy (non-hydrogen) atoms. The molecule has 1 N–H and O–H groups in total. The summed E-state index contributed by atoms with van der Waals surface area (Å²) in [4.78, 5) is 5.18. The summed E-state index contributed by atoms with van der Waals surface area (Å²) >= 11 is 0. The molecule has 0 saturated carbocycles. The molecule has 1 heterocycles. The average molecular weight is 457 g/mol. The third-order valence-corrected chi connectivity index (χ3v) is 6.77. The second-order valence-corrected chi connectivity index (χ2v) is 9.53. The number of benzene rings is 3. The molecule has 0 fully saturated rings. The number of aromatic nitrogens is 1. The van der Waals surface area contributed by atoms with Crippen molar-refractivity contribution in [1.29, 1.82) is 0 Å². The highest BCUT2D eigenvalue weighted by molar-refractivity contribution is 5.69. The first kappa shape index (κ1) is 22.9. The summed E-state index contributed by atoms with van der Waals surface area (Å²) < 4.78 is 0. The largest absolute Gasteiger partial charge is 0.373 e. The van der Waals surface area contributed by atoms with E-state index in [4.69, 9.17) is 4.98 Å². The Morgan fingerprint density at radius 3 is 2.11 bits per heavy atom. The minimum Gasteiger partial charge on any atom is -0.373 e. The minimum atomic E-state index is -0.0863. The van der Waals surface area contributed by atoms with Gasteiger partial charge in [0.2, 0.25) is 0 Å². The Morgan fingerprint density at radius 1 is 0.743 bits per heavy atom. The van der Waals surface area contributed by atoms with Crippen molar-refractivity contribution in [1.82, 2.24) is 10.3 Å². The predicted molar refractivity (Wildman–Crippen MR) is 147 cm³/mol. The Bertz CT molecular complexity index is 1370. The number of rotatable bonds is 6. The first-order valence-electron chi connectivity index (χ1n) is 12.4. The molecule has 174 valence electrons. The summed E-state index contributed by atoms with van der Waals surface area (Å²) in [6.07, 6.45) is 3.45. The van der Waals surface area contributed by atoms with E-state index in [1.54, 1.807) is 0 Å². The van der Waals surface area contributed by atoms with Crippen LogP contribution in [0.15, 0.2) is 126 Å². The molecule has 4 aromatic rings. The topological polar surface area (TPSA) is 24.9 Å². The summed E-state index contributed by atoms with van der Waals surface area (Å²) in [6.45, 7) is 6.76. The molecule has 0 radical (unpaired) electrons. The molecule has 2 heteroatoms. The van der Waals surface area contributed by atoms with Crippen LogP contribution in [0.1, 0.15) is 44.5 Å². The monoisotopic (exact) mass is 456 g/mol. The van der Waals surface area contributed by atoms with Gasteiger partial charge in [-0.1, -0.05) is 104 Å². The van der Waals surface area contributed by atoms with Crippen LogP contribution in [-0.2, 0) is 0 Å². The van der Waals surface area contributed by atoms with E-state index >= 15 is 0 Å². The van der Waals surface area contributed by atoms with E-state index in [9.17, 15) is 0 Å². The molecule has 5 rings (SSSR count). The molecule has 3 aromatic carbocycles. The van der Waals surface area contributed by atoms with Crippen molar-refractivity contribution in [2.45, 2.75) is 33.2 Å². The molecular formula is C33H32N2. The highest BCUT2D eigenvalue weighted by Crippen LogP contribution is 2.35. The van der Waals surface area contributed by atoms with Gasteiger partial charge in [0.1, 0.15) is 0 Å². The first-order valence-corrected chi connectivity index (χ1v) is 12.4. The molecule has 0 spiro atoms. The van der Waals surface area contributed by atoms with Crippen LogP contribution in [0.25, 0.3) is 22.4 Å². The highest BCUT2D eigenvalue weighted by Gasteiger charge is 2.24. The van der Waals surface area contributed by atoms with Gasteiger partial charge in [-0.05, 0) is 66.2 Å². The van der Waals surface area contributed by atoms with E-state index in [-0.39, 0.29) is 6.04 Å². The fraction of sp³-hybridized carbons (Fsp3) is 0.182. The molecule has 1 aliphatic carbocycles. The summed E-state index contributed by atoms with van der Waals surface area (Å²) in [5.74, 6) is 0.565. The third kappa shape index (κ3) is 4.97. The maximum atomic E-state index is 5.18. The van der Waals surface area contributed by atoms with E-state index < -0.39 is 0 Å². The normalized spacial score (nSPS) is 16.5. The second kappa shape index (κ2) is 10.1. The number of nitrogens with zero attached hydrogens (tertiary/aromatic N) is 1. The zero-order valence-electron chi connectivity index (χ0n) is 20.7. The van der Waals surface area contributed by atoms with E-state index in [0.29, 0.717) is 5.92 Å². The molecule has 0 amide bonds. The lowest BCUT2D eigenvalue weighted by molar-refractivity contribution is 0.627. The zero-order valence-corrected chi connectivity index (χ0v) is 20.7. The number of pyridine rings is 1. The average Bonchev–Trinajstić information content (AvgIpc) is 2.89. The Labute approximate surface area is 209 Å². The molecule has 2 unspecified atom stereocenters. The molecule has 1 aromatic heterocycles. The first-order chi connectivity index (χ1) is 17.1. The van der Waals surface area contributed by atoms with Crippen LogP contribution in [0.2, 0.25) is 0 Å². The molecule has 2 nitrogen and oxygen atoms in total. The fourth-order valence-electron chi connectivity index (χ4n) is 5.19. The quantitative estimate of drug-likeness (QED) is 0.315. The predicted octanol–water partition coefficient (Wildman–Crippen LogP) is 8.35. The highest BCUT2D eigenvalue weighted by atomic mass is 15.0. The number of hydrogen-bond acceptors (Lipinski definition) is 2. The summed E-state index contributed by atoms with van der Waals surface area (Å²) in [7, 11) is 0. The van der Waals surface area contributed by atoms with Gasteiger partial charge in [-0.25, -0.2) is 0 Å². The second-order valence-electron chi connectivity index (χ2n) is 9.53. The lowest BCUT2D eigenvalue weighted by Crippen LogP contribution is -2.26. The van der Waals surface area contributed by atoms with E-state index in [2.05, 4.69) is 129 Å². The molecule has 1 aliphatic rings. The van der Waals surface area contributed by atoms with Gasteiger partial charge in [0.25, 0.3) is 0 Å². The third-order valence-electron chi connectivity index (χ3n) is 6.77. The molecule has 0 saturated heterocycles. The van der Waals surface area contributed by atoms with Crippen LogP contribution in [0, 0.1) is 5.92 Å². The minimum absolute atomic E-state index is 0.0863. The molecule has 0 aliphatic heterocycles. The summed E-state index contributed by atoms with van der Waals surface area (Å²) in [5, 5.41) is 3.95. The Balaban J connectivity index is 1.65. The maximum absolute atomic E-state index is 5.18. The van der Waals surface area contributed by atoms with Crippen molar-refractivity contribution in [3.05, 3.63) is 137 Å². The SMILES string of the molecule is CC1=CC(C)CC(C)=C1NC(c1cccc(-c2ccccc2)n1)c1ccccc1-c1ccccc1. The van der Waals surface area contributed by atoms with Gasteiger partial charge in [-0.2, -0.15) is 0 Å². The lowest BCUT2D eigenvalue weighted by Gasteiger charge is -2.29. The van der Waals surface area contributed by atoms with Gasteiger partial charge in [-0.15, -0.1) is 0 Å². The Hall–Kier alpha value is -3.91. The Kier molecular flexibility index (Phi) is 6.63. The number of allylic oxidation sites excluding steroid dienone is 3. The molecule has 2 atom stereocenters. The summed E-state index contributed by atoms with van der Waals surface area (Å²) in [6, 6.07) is 36.0. The van der Waals surface area contributed by atoms with E-state index in [1.807, 2.05) is 6.07 Å². The summed E-state index contributed by atoms with van der Waals surface area (Å²) in [5.41, 5.74) is 10.7. The van der Waals surface area contributed by atoms with Crippen LogP contribution < -0.4 is 5.32 Å². The van der Waals surface area contributed by atoms with E-state index in [1.165, 1.54) is 33.5 Å². The van der Waals surface area contributed by atoms with Gasteiger partial charge in [-0.3, -0.25) is 4.98 Å². The van der Waals surface area contributed by atoms with Crippen molar-refractivity contribution < 1.29 is 0 Å². The van der Waals surface area contributed by atoms with Crippen molar-refractivity contribution in [2.75, 3.05) is 0 Å². The van der Waals surface area contributed by atoms with Crippen molar-refractivity contribution in [3.8, 4) is 22.4 Å². The van der Waals surface area contributed by atoms with Crippen LogP contribution in [0.4, 0.5) is 0 Å². The maximum Gasteiger partial charge on any atom is 0.0946 e. The van der Waals surface area contributed by atoms with Gasteiger partial charge in [0, 0.05) is 11.3 Å². The Morgan fingerprint density at radius 2 is 1.40 bits per heavy atom. The molecular weight excluding hydrogens is 424 g/mol. The molecule has 0 bridgehead atoms. The van der Waals surface area contributed by atoms with Gasteiger partial charge in [0.05, 0.1) is 17.4 Å². The van der Waals surface area contributed by atoms with Crippen molar-refractivity contribution in [2.24, 2.45) is 5.92 Å². The van der Waals surface area contributed by atoms with Crippen molar-refractivity contribution >= 4 is 0 Å².